The molecule has 0 bridgehead atoms. The lowest BCUT2D eigenvalue weighted by atomic mass is 9.74. The molecule has 0 radical (unpaired) electrons. The van der Waals surface area contributed by atoms with Crippen molar-refractivity contribution in [3.05, 3.63) is 34.9 Å². The van der Waals surface area contributed by atoms with Gasteiger partial charge in [-0.25, -0.2) is 0 Å². The summed E-state index contributed by atoms with van der Waals surface area (Å²) in [6, 6.07) is 7.96. The molecule has 1 aromatic rings. The second-order valence-corrected chi connectivity index (χ2v) is 6.52. The molecule has 23 heavy (non-hydrogen) atoms. The molecule has 0 saturated carbocycles. The number of rotatable bonds is 6. The Kier molecular flexibility index (Phi) is 8.34. The molecule has 0 spiro atoms. The summed E-state index contributed by atoms with van der Waals surface area (Å²) in [4.78, 5) is 12.2. The van der Waals surface area contributed by atoms with Crippen molar-refractivity contribution in [2.45, 2.75) is 25.2 Å². The normalized spacial score (nSPS) is 17.9. The summed E-state index contributed by atoms with van der Waals surface area (Å²) in [6.07, 6.45) is 1.79. The van der Waals surface area contributed by atoms with E-state index in [-0.39, 0.29) is 29.6 Å². The number of ether oxygens (including phenoxy) is 1. The number of carbonyl (C=O) groups is 1. The minimum Gasteiger partial charge on any atom is -0.381 e. The summed E-state index contributed by atoms with van der Waals surface area (Å²) in [7, 11) is 1.86. The minimum atomic E-state index is -0.0851. The van der Waals surface area contributed by atoms with E-state index in [1.54, 1.807) is 0 Å². The van der Waals surface area contributed by atoms with Gasteiger partial charge in [-0.2, -0.15) is 0 Å². The second kappa shape index (κ2) is 9.48. The molecule has 0 aromatic heterocycles. The molecule has 2 rings (SSSR count). The molecule has 1 heterocycles. The molecule has 130 valence electrons. The maximum atomic E-state index is 12.2. The molecule has 1 unspecified atom stereocenters. The Bertz CT molecular complexity index is 505. The van der Waals surface area contributed by atoms with Crippen LogP contribution < -0.4 is 10.6 Å². The second-order valence-electron chi connectivity index (χ2n) is 6.08. The third-order valence-corrected chi connectivity index (χ3v) is 4.68. The Morgan fingerprint density at radius 3 is 2.70 bits per heavy atom. The molecule has 6 heteroatoms. The van der Waals surface area contributed by atoms with Crippen molar-refractivity contribution in [2.75, 3.05) is 33.4 Å². The van der Waals surface area contributed by atoms with Gasteiger partial charge < -0.3 is 15.4 Å². The third-order valence-electron chi connectivity index (χ3n) is 4.45. The van der Waals surface area contributed by atoms with Gasteiger partial charge in [-0.15, -0.1) is 12.4 Å². The fourth-order valence-electron chi connectivity index (χ4n) is 2.98. The van der Waals surface area contributed by atoms with Crippen LogP contribution in [0, 0.1) is 5.92 Å². The van der Waals surface area contributed by atoms with Crippen molar-refractivity contribution in [3.63, 3.8) is 0 Å². The van der Waals surface area contributed by atoms with Crippen molar-refractivity contribution in [3.8, 4) is 0 Å². The largest absolute Gasteiger partial charge is 0.381 e. The Hall–Kier alpha value is -0.810. The van der Waals surface area contributed by atoms with Gasteiger partial charge in [0, 0.05) is 42.7 Å². The standard InChI is InChI=1S/C17H25ClN2O2.ClH/c1-13(11-19-2)16(21)20-12-17(6-8-22-9-7-17)14-4-3-5-15(18)10-14;/h3-5,10,13,19H,6-9,11-12H2,1-2H3,(H,20,21);1H. The van der Waals surface area contributed by atoms with E-state index in [0.29, 0.717) is 26.3 Å². The summed E-state index contributed by atoms with van der Waals surface area (Å²) >= 11 is 6.15. The highest BCUT2D eigenvalue weighted by Gasteiger charge is 2.35. The Labute approximate surface area is 149 Å². The summed E-state index contributed by atoms with van der Waals surface area (Å²) in [5.74, 6) is 0.0449. The number of halogens is 2. The molecule has 1 aliphatic heterocycles. The van der Waals surface area contributed by atoms with Gasteiger partial charge in [-0.3, -0.25) is 4.79 Å². The lowest BCUT2D eigenvalue weighted by molar-refractivity contribution is -0.124. The van der Waals surface area contributed by atoms with Gasteiger partial charge in [0.05, 0.1) is 0 Å². The first-order valence-electron chi connectivity index (χ1n) is 7.83. The number of amides is 1. The monoisotopic (exact) mass is 360 g/mol. The molecule has 1 amide bonds. The van der Waals surface area contributed by atoms with Crippen molar-refractivity contribution in [1.29, 1.82) is 0 Å². The molecule has 0 aliphatic carbocycles. The van der Waals surface area contributed by atoms with E-state index in [1.165, 1.54) is 5.56 Å². The number of hydrogen-bond donors (Lipinski definition) is 2. The van der Waals surface area contributed by atoms with Gasteiger partial charge in [0.2, 0.25) is 5.91 Å². The summed E-state index contributed by atoms with van der Waals surface area (Å²) in [5, 5.41) is 6.89. The first-order chi connectivity index (χ1) is 10.6. The molecule has 2 N–H and O–H groups in total. The Morgan fingerprint density at radius 1 is 1.39 bits per heavy atom. The van der Waals surface area contributed by atoms with Crippen LogP contribution in [0.15, 0.2) is 24.3 Å². The van der Waals surface area contributed by atoms with Crippen molar-refractivity contribution in [1.82, 2.24) is 10.6 Å². The highest BCUT2D eigenvalue weighted by atomic mass is 35.5. The highest BCUT2D eigenvalue weighted by molar-refractivity contribution is 6.30. The number of hydrogen-bond acceptors (Lipinski definition) is 3. The zero-order chi connectivity index (χ0) is 16.0. The van der Waals surface area contributed by atoms with E-state index in [1.807, 2.05) is 32.2 Å². The van der Waals surface area contributed by atoms with Crippen molar-refractivity contribution in [2.24, 2.45) is 5.92 Å². The van der Waals surface area contributed by atoms with E-state index < -0.39 is 0 Å². The molecule has 1 saturated heterocycles. The molecule has 1 atom stereocenters. The van der Waals surface area contributed by atoms with Crippen molar-refractivity contribution >= 4 is 29.9 Å². The Morgan fingerprint density at radius 2 is 2.09 bits per heavy atom. The molecule has 1 aromatic carbocycles. The predicted molar refractivity (Wildman–Crippen MR) is 96.5 cm³/mol. The minimum absolute atomic E-state index is 0. The zero-order valence-corrected chi connectivity index (χ0v) is 15.3. The van der Waals surface area contributed by atoms with Crippen LogP contribution in [0.4, 0.5) is 0 Å². The van der Waals surface area contributed by atoms with Crippen LogP contribution in [0.2, 0.25) is 5.02 Å². The van der Waals surface area contributed by atoms with Gasteiger partial charge in [0.15, 0.2) is 0 Å². The average molecular weight is 361 g/mol. The SMILES string of the molecule is CNCC(C)C(=O)NCC1(c2cccc(Cl)c2)CCOCC1.Cl. The fourth-order valence-corrected chi connectivity index (χ4v) is 3.17. The van der Waals surface area contributed by atoms with Crippen LogP contribution in [0.1, 0.15) is 25.3 Å². The number of carbonyl (C=O) groups excluding carboxylic acids is 1. The Balaban J connectivity index is 0.00000264. The zero-order valence-electron chi connectivity index (χ0n) is 13.7. The predicted octanol–water partition coefficient (Wildman–Crippen LogP) is 2.78. The molecule has 1 fully saturated rings. The number of nitrogens with one attached hydrogen (secondary N) is 2. The molecule has 1 aliphatic rings. The lowest BCUT2D eigenvalue weighted by Gasteiger charge is -2.38. The summed E-state index contributed by atoms with van der Waals surface area (Å²) in [5.41, 5.74) is 1.10. The molecular weight excluding hydrogens is 335 g/mol. The van der Waals surface area contributed by atoms with E-state index in [9.17, 15) is 4.79 Å². The first-order valence-corrected chi connectivity index (χ1v) is 8.21. The molecule has 4 nitrogen and oxygen atoms in total. The van der Waals surface area contributed by atoms with E-state index >= 15 is 0 Å². The smallest absolute Gasteiger partial charge is 0.224 e. The van der Waals surface area contributed by atoms with E-state index in [2.05, 4.69) is 16.7 Å². The van der Waals surface area contributed by atoms with Crippen LogP contribution in [-0.2, 0) is 14.9 Å². The van der Waals surface area contributed by atoms with Crippen LogP contribution in [0.5, 0.6) is 0 Å². The average Bonchev–Trinajstić information content (AvgIpc) is 2.53. The topological polar surface area (TPSA) is 50.4 Å². The van der Waals surface area contributed by atoms with Crippen LogP contribution in [0.25, 0.3) is 0 Å². The van der Waals surface area contributed by atoms with Gasteiger partial charge in [-0.05, 0) is 37.6 Å². The van der Waals surface area contributed by atoms with Crippen LogP contribution in [0.3, 0.4) is 0 Å². The quantitative estimate of drug-likeness (QED) is 0.819. The lowest BCUT2D eigenvalue weighted by Crippen LogP contribution is -2.46. The fraction of sp³-hybridized carbons (Fsp3) is 0.588. The number of benzene rings is 1. The van der Waals surface area contributed by atoms with Gasteiger partial charge in [0.1, 0.15) is 0 Å². The van der Waals surface area contributed by atoms with Crippen molar-refractivity contribution < 1.29 is 9.53 Å². The first kappa shape index (κ1) is 20.2. The summed E-state index contributed by atoms with van der Waals surface area (Å²) < 4.78 is 5.51. The van der Waals surface area contributed by atoms with Gasteiger partial charge >= 0.3 is 0 Å². The van der Waals surface area contributed by atoms with Crippen LogP contribution >= 0.6 is 24.0 Å². The molecular formula is C17H26Cl2N2O2. The highest BCUT2D eigenvalue weighted by Crippen LogP contribution is 2.35. The van der Waals surface area contributed by atoms with Gasteiger partial charge in [0.25, 0.3) is 0 Å². The maximum absolute atomic E-state index is 12.2. The van der Waals surface area contributed by atoms with Gasteiger partial charge in [-0.1, -0.05) is 30.7 Å². The maximum Gasteiger partial charge on any atom is 0.224 e. The summed E-state index contributed by atoms with van der Waals surface area (Å²) in [6.45, 7) is 4.67. The van der Waals surface area contributed by atoms with E-state index in [4.69, 9.17) is 16.3 Å². The third kappa shape index (κ3) is 5.35. The van der Waals surface area contributed by atoms with Crippen LogP contribution in [-0.4, -0.2) is 39.3 Å². The van der Waals surface area contributed by atoms with E-state index in [0.717, 1.165) is 17.9 Å².